The van der Waals surface area contributed by atoms with Gasteiger partial charge in [0.05, 0.1) is 0 Å². The van der Waals surface area contributed by atoms with Gasteiger partial charge in [0.1, 0.15) is 17.0 Å². The first-order valence-electron chi connectivity index (χ1n) is 17.5. The van der Waals surface area contributed by atoms with Crippen molar-refractivity contribution in [1.82, 2.24) is 10.2 Å². The van der Waals surface area contributed by atoms with Gasteiger partial charge in [-0.15, -0.1) is 0 Å². The van der Waals surface area contributed by atoms with Crippen LogP contribution < -0.4 is 19.9 Å². The molecule has 0 radical (unpaired) electrons. The SMILES string of the molecule is Cc1cc2c(cc1N1CCCCC1)Oc1cc(N3CCCCC3)c(C)cc1C21c2ccccc2C(=O)N1CCNCC1=CC=CC1. The summed E-state index contributed by atoms with van der Waals surface area (Å²) in [6.07, 6.45) is 15.0. The van der Waals surface area contributed by atoms with Gasteiger partial charge < -0.3 is 24.8 Å². The van der Waals surface area contributed by atoms with Gasteiger partial charge in [0, 0.05) is 86.0 Å². The number of anilines is 2. The van der Waals surface area contributed by atoms with E-state index in [1.165, 1.54) is 66.6 Å². The number of carbonyl (C=O) groups is 1. The van der Waals surface area contributed by atoms with Gasteiger partial charge in [-0.05, 0) is 93.7 Å². The molecule has 3 aromatic carbocycles. The molecule has 0 atom stereocenters. The lowest BCUT2D eigenvalue weighted by Crippen LogP contribution is -2.49. The highest BCUT2D eigenvalue weighted by Crippen LogP contribution is 2.59. The van der Waals surface area contributed by atoms with Crippen LogP contribution in [0.3, 0.4) is 0 Å². The predicted molar refractivity (Wildman–Crippen MR) is 187 cm³/mol. The average molecular weight is 615 g/mol. The number of nitrogens with one attached hydrogen (secondary N) is 1. The first-order chi connectivity index (χ1) is 22.6. The molecular formula is C40H46N4O2. The van der Waals surface area contributed by atoms with E-state index < -0.39 is 5.54 Å². The Balaban J connectivity index is 1.29. The molecule has 2 saturated heterocycles. The summed E-state index contributed by atoms with van der Waals surface area (Å²) in [7, 11) is 0. The third-order valence-corrected chi connectivity index (χ3v) is 10.9. The maximum absolute atomic E-state index is 14.6. The van der Waals surface area contributed by atoms with Crippen LogP contribution in [0, 0.1) is 13.8 Å². The first-order valence-corrected chi connectivity index (χ1v) is 17.5. The Morgan fingerprint density at radius 3 is 1.98 bits per heavy atom. The molecule has 1 N–H and O–H groups in total. The third-order valence-electron chi connectivity index (χ3n) is 10.9. The molecular weight excluding hydrogens is 568 g/mol. The molecule has 2 fully saturated rings. The van der Waals surface area contributed by atoms with Gasteiger partial charge in [0.25, 0.3) is 5.91 Å². The van der Waals surface area contributed by atoms with E-state index in [4.69, 9.17) is 4.74 Å². The molecule has 1 spiro atoms. The summed E-state index contributed by atoms with van der Waals surface area (Å²) in [6, 6.07) is 17.5. The molecule has 238 valence electrons. The largest absolute Gasteiger partial charge is 0.456 e. The van der Waals surface area contributed by atoms with Crippen molar-refractivity contribution in [2.24, 2.45) is 0 Å². The minimum Gasteiger partial charge on any atom is -0.456 e. The van der Waals surface area contributed by atoms with E-state index in [0.717, 1.165) is 72.9 Å². The minimum atomic E-state index is -0.775. The molecule has 46 heavy (non-hydrogen) atoms. The number of ether oxygens (including phenoxy) is 1. The fraction of sp³-hybridized carbons (Fsp3) is 0.425. The summed E-state index contributed by atoms with van der Waals surface area (Å²) in [5.74, 6) is 1.84. The first kappa shape index (κ1) is 29.4. The second-order valence-electron chi connectivity index (χ2n) is 13.8. The van der Waals surface area contributed by atoms with E-state index in [1.807, 2.05) is 12.1 Å². The van der Waals surface area contributed by atoms with Gasteiger partial charge in [-0.2, -0.15) is 0 Å². The fourth-order valence-corrected chi connectivity index (χ4v) is 8.64. The van der Waals surface area contributed by atoms with Crippen LogP contribution >= 0.6 is 0 Å². The number of fused-ring (bicyclic) bond motifs is 6. The lowest BCUT2D eigenvalue weighted by atomic mass is 9.73. The van der Waals surface area contributed by atoms with Crippen molar-refractivity contribution in [2.45, 2.75) is 64.3 Å². The summed E-state index contributed by atoms with van der Waals surface area (Å²) >= 11 is 0. The van der Waals surface area contributed by atoms with Crippen LogP contribution in [0.4, 0.5) is 11.4 Å². The van der Waals surface area contributed by atoms with E-state index in [9.17, 15) is 4.79 Å². The highest BCUT2D eigenvalue weighted by atomic mass is 16.5. The summed E-state index contributed by atoms with van der Waals surface area (Å²) < 4.78 is 7.01. The van der Waals surface area contributed by atoms with Crippen molar-refractivity contribution in [3.63, 3.8) is 0 Å². The number of nitrogens with zero attached hydrogens (tertiary/aromatic N) is 3. The summed E-state index contributed by atoms with van der Waals surface area (Å²) in [5, 5.41) is 3.65. The van der Waals surface area contributed by atoms with Gasteiger partial charge in [-0.3, -0.25) is 4.79 Å². The zero-order valence-electron chi connectivity index (χ0n) is 27.4. The molecule has 0 bridgehead atoms. The van der Waals surface area contributed by atoms with E-state index in [-0.39, 0.29) is 5.91 Å². The van der Waals surface area contributed by atoms with E-state index in [0.29, 0.717) is 13.1 Å². The highest BCUT2D eigenvalue weighted by molar-refractivity contribution is 6.02. The quantitative estimate of drug-likeness (QED) is 0.278. The molecule has 1 amide bonds. The van der Waals surface area contributed by atoms with Crippen molar-refractivity contribution in [3.8, 4) is 11.5 Å². The standard InChI is InChI=1S/C40H46N4O2/c1-28-23-33-37(25-35(28)42-18-9-3-10-19-42)46-38-26-36(43-20-11-4-12-21-43)29(2)24-34(38)40(33)32-16-8-7-15-31(32)39(45)44(40)22-17-41-27-30-13-5-6-14-30/h5-8,13,15-16,23-26,41H,3-4,9-12,14,17-22,27H2,1-2H3. The number of amides is 1. The van der Waals surface area contributed by atoms with Gasteiger partial charge in [-0.1, -0.05) is 42.0 Å². The molecule has 4 heterocycles. The van der Waals surface area contributed by atoms with Crippen LogP contribution in [0.1, 0.15) is 83.1 Å². The maximum Gasteiger partial charge on any atom is 0.255 e. The lowest BCUT2D eigenvalue weighted by molar-refractivity contribution is 0.0668. The zero-order chi connectivity index (χ0) is 31.3. The van der Waals surface area contributed by atoms with E-state index in [2.05, 4.69) is 88.5 Å². The molecule has 0 unspecified atom stereocenters. The Bertz CT molecular complexity index is 1650. The molecule has 5 aliphatic rings. The van der Waals surface area contributed by atoms with Crippen LogP contribution in [0.15, 0.2) is 72.3 Å². The number of benzene rings is 3. The number of allylic oxidation sites excluding steroid dienone is 3. The maximum atomic E-state index is 14.6. The second-order valence-corrected chi connectivity index (χ2v) is 13.8. The van der Waals surface area contributed by atoms with Crippen molar-refractivity contribution in [2.75, 3.05) is 55.6 Å². The summed E-state index contributed by atoms with van der Waals surface area (Å²) in [5.41, 5.74) is 9.59. The van der Waals surface area contributed by atoms with E-state index >= 15 is 0 Å². The van der Waals surface area contributed by atoms with Gasteiger partial charge in [0.2, 0.25) is 0 Å². The van der Waals surface area contributed by atoms with Gasteiger partial charge in [-0.25, -0.2) is 0 Å². The summed E-state index contributed by atoms with van der Waals surface area (Å²) in [4.78, 5) is 21.8. The molecule has 4 aliphatic heterocycles. The Morgan fingerprint density at radius 2 is 1.39 bits per heavy atom. The van der Waals surface area contributed by atoms with Gasteiger partial charge >= 0.3 is 0 Å². The highest BCUT2D eigenvalue weighted by Gasteiger charge is 2.56. The topological polar surface area (TPSA) is 48.1 Å². The van der Waals surface area contributed by atoms with E-state index in [1.54, 1.807) is 0 Å². The molecule has 1 aliphatic carbocycles. The van der Waals surface area contributed by atoms with Crippen molar-refractivity contribution in [1.29, 1.82) is 0 Å². The smallest absolute Gasteiger partial charge is 0.255 e. The summed E-state index contributed by atoms with van der Waals surface area (Å²) in [6.45, 7) is 10.9. The number of rotatable bonds is 7. The second kappa shape index (κ2) is 12.0. The van der Waals surface area contributed by atoms with Crippen LogP contribution in [-0.2, 0) is 5.54 Å². The third kappa shape index (κ3) is 4.76. The Kier molecular flexibility index (Phi) is 7.64. The van der Waals surface area contributed by atoms with Crippen LogP contribution in [0.2, 0.25) is 0 Å². The number of piperidine rings is 2. The number of hydrogen-bond acceptors (Lipinski definition) is 5. The minimum absolute atomic E-state index is 0.0912. The molecule has 6 heteroatoms. The zero-order valence-corrected chi connectivity index (χ0v) is 27.4. The molecule has 8 rings (SSSR count). The van der Waals surface area contributed by atoms with Crippen LogP contribution in [0.25, 0.3) is 0 Å². The fourth-order valence-electron chi connectivity index (χ4n) is 8.64. The molecule has 0 aromatic heterocycles. The lowest BCUT2D eigenvalue weighted by Gasteiger charge is -2.45. The molecule has 3 aromatic rings. The van der Waals surface area contributed by atoms with Crippen molar-refractivity contribution < 1.29 is 9.53 Å². The monoisotopic (exact) mass is 614 g/mol. The predicted octanol–water partition coefficient (Wildman–Crippen LogP) is 7.61. The normalized spacial score (nSPS) is 19.7. The number of aryl methyl sites for hydroxylation is 2. The average Bonchev–Trinajstić information content (AvgIpc) is 3.70. The number of carbonyl (C=O) groups excluding carboxylic acids is 1. The number of hydrogen-bond donors (Lipinski definition) is 1. The van der Waals surface area contributed by atoms with Crippen molar-refractivity contribution >= 4 is 17.3 Å². The van der Waals surface area contributed by atoms with Crippen LogP contribution in [-0.4, -0.2) is 56.6 Å². The Labute approximate surface area is 273 Å². The van der Waals surface area contributed by atoms with Crippen LogP contribution in [0.5, 0.6) is 11.5 Å². The molecule has 0 saturated carbocycles. The Morgan fingerprint density at radius 1 is 0.783 bits per heavy atom. The molecule has 6 nitrogen and oxygen atoms in total. The van der Waals surface area contributed by atoms with Crippen molar-refractivity contribution in [3.05, 3.63) is 106 Å². The van der Waals surface area contributed by atoms with Gasteiger partial charge in [0.15, 0.2) is 0 Å². The Hall–Kier alpha value is -4.03.